The smallest absolute Gasteiger partial charge is 0.244 e. The SMILES string of the molecule is CC(C)c1ccc(N2C(C)CNC(=O)C2CN)cc1. The molecule has 2 atom stereocenters. The molecule has 0 bridgehead atoms. The molecule has 0 saturated carbocycles. The van der Waals surface area contributed by atoms with Crippen LogP contribution < -0.4 is 16.0 Å². The van der Waals surface area contributed by atoms with Gasteiger partial charge in [-0.05, 0) is 30.5 Å². The molecule has 104 valence electrons. The summed E-state index contributed by atoms with van der Waals surface area (Å²) in [5.74, 6) is 0.537. The lowest BCUT2D eigenvalue weighted by molar-refractivity contribution is -0.123. The lowest BCUT2D eigenvalue weighted by atomic mass is 10.0. The van der Waals surface area contributed by atoms with Gasteiger partial charge >= 0.3 is 0 Å². The summed E-state index contributed by atoms with van der Waals surface area (Å²) in [5.41, 5.74) is 8.14. The Labute approximate surface area is 115 Å². The number of anilines is 1. The van der Waals surface area contributed by atoms with Crippen LogP contribution in [0.5, 0.6) is 0 Å². The van der Waals surface area contributed by atoms with Gasteiger partial charge in [-0.15, -0.1) is 0 Å². The van der Waals surface area contributed by atoms with Gasteiger partial charge in [0.2, 0.25) is 5.91 Å². The van der Waals surface area contributed by atoms with Gasteiger partial charge in [0.05, 0.1) is 0 Å². The van der Waals surface area contributed by atoms with Crippen molar-refractivity contribution < 1.29 is 4.79 Å². The monoisotopic (exact) mass is 261 g/mol. The molecule has 3 N–H and O–H groups in total. The number of hydrogen-bond donors (Lipinski definition) is 2. The van der Waals surface area contributed by atoms with Crippen molar-refractivity contribution in [1.29, 1.82) is 0 Å². The highest BCUT2D eigenvalue weighted by Gasteiger charge is 2.33. The predicted molar refractivity (Wildman–Crippen MR) is 78.3 cm³/mol. The minimum atomic E-state index is -0.270. The van der Waals surface area contributed by atoms with Gasteiger partial charge in [-0.2, -0.15) is 0 Å². The highest BCUT2D eigenvalue weighted by atomic mass is 16.2. The van der Waals surface area contributed by atoms with Crippen LogP contribution in [-0.4, -0.2) is 31.1 Å². The number of piperazine rings is 1. The van der Waals surface area contributed by atoms with E-state index < -0.39 is 0 Å². The maximum atomic E-state index is 11.9. The fourth-order valence-electron chi connectivity index (χ4n) is 2.58. The van der Waals surface area contributed by atoms with Crippen LogP contribution in [0.4, 0.5) is 5.69 Å². The van der Waals surface area contributed by atoms with Crippen LogP contribution in [0.1, 0.15) is 32.3 Å². The van der Waals surface area contributed by atoms with Gasteiger partial charge < -0.3 is 16.0 Å². The standard InChI is InChI=1S/C15H23N3O/c1-10(2)12-4-6-13(7-5-12)18-11(3)9-17-15(19)14(18)8-16/h4-7,10-11,14H,8-9,16H2,1-3H3,(H,17,19). The maximum Gasteiger partial charge on any atom is 0.244 e. The molecule has 2 unspecified atom stereocenters. The van der Waals surface area contributed by atoms with Gasteiger partial charge in [-0.3, -0.25) is 4.79 Å². The van der Waals surface area contributed by atoms with Crippen molar-refractivity contribution in [1.82, 2.24) is 5.32 Å². The van der Waals surface area contributed by atoms with E-state index in [9.17, 15) is 4.79 Å². The molecule has 0 aromatic heterocycles. The molecule has 1 amide bonds. The summed E-state index contributed by atoms with van der Waals surface area (Å²) in [7, 11) is 0. The lowest BCUT2D eigenvalue weighted by Gasteiger charge is -2.41. The van der Waals surface area contributed by atoms with Crippen LogP contribution in [0.2, 0.25) is 0 Å². The normalized spacial score (nSPS) is 23.6. The van der Waals surface area contributed by atoms with Crippen molar-refractivity contribution in [2.75, 3.05) is 18.0 Å². The van der Waals surface area contributed by atoms with Gasteiger partial charge in [0, 0.05) is 24.8 Å². The Kier molecular flexibility index (Phi) is 4.10. The van der Waals surface area contributed by atoms with Crippen LogP contribution in [0, 0.1) is 0 Å². The van der Waals surface area contributed by atoms with E-state index in [4.69, 9.17) is 5.73 Å². The Hall–Kier alpha value is -1.55. The molecular weight excluding hydrogens is 238 g/mol. The largest absolute Gasteiger partial charge is 0.354 e. The van der Waals surface area contributed by atoms with Gasteiger partial charge in [-0.1, -0.05) is 26.0 Å². The molecule has 1 aliphatic rings. The first-order valence-electron chi connectivity index (χ1n) is 6.90. The summed E-state index contributed by atoms with van der Waals surface area (Å²) in [6, 6.07) is 8.43. The summed E-state index contributed by atoms with van der Waals surface area (Å²) < 4.78 is 0. The summed E-state index contributed by atoms with van der Waals surface area (Å²) >= 11 is 0. The minimum absolute atomic E-state index is 0.0218. The molecule has 1 fully saturated rings. The van der Waals surface area contributed by atoms with Gasteiger partial charge in [0.25, 0.3) is 0 Å². The minimum Gasteiger partial charge on any atom is -0.354 e. The third-order valence-corrected chi connectivity index (χ3v) is 3.77. The second kappa shape index (κ2) is 5.61. The fourth-order valence-corrected chi connectivity index (χ4v) is 2.58. The van der Waals surface area contributed by atoms with E-state index in [1.807, 2.05) is 0 Å². The predicted octanol–water partition coefficient (Wildman–Crippen LogP) is 1.46. The summed E-state index contributed by atoms with van der Waals surface area (Å²) in [4.78, 5) is 14.0. The van der Waals surface area contributed by atoms with Crippen molar-refractivity contribution >= 4 is 11.6 Å². The number of nitrogens with zero attached hydrogens (tertiary/aromatic N) is 1. The first-order valence-corrected chi connectivity index (χ1v) is 6.90. The quantitative estimate of drug-likeness (QED) is 0.866. The highest BCUT2D eigenvalue weighted by Crippen LogP contribution is 2.24. The number of nitrogens with two attached hydrogens (primary N) is 1. The van der Waals surface area contributed by atoms with E-state index in [1.54, 1.807) is 0 Å². The van der Waals surface area contributed by atoms with Crippen LogP contribution in [0.25, 0.3) is 0 Å². The molecule has 0 radical (unpaired) electrons. The molecule has 1 saturated heterocycles. The van der Waals surface area contributed by atoms with E-state index >= 15 is 0 Å². The first kappa shape index (κ1) is 13.9. The zero-order valence-electron chi connectivity index (χ0n) is 11.9. The molecule has 1 aromatic rings. The average molecular weight is 261 g/mol. The van der Waals surface area contributed by atoms with Crippen molar-refractivity contribution in [3.8, 4) is 0 Å². The highest BCUT2D eigenvalue weighted by molar-refractivity contribution is 5.87. The molecular formula is C15H23N3O. The Bertz CT molecular complexity index is 441. The Balaban J connectivity index is 2.28. The Morgan fingerprint density at radius 3 is 2.53 bits per heavy atom. The summed E-state index contributed by atoms with van der Waals surface area (Å²) in [6.07, 6.45) is 0. The van der Waals surface area contributed by atoms with E-state index in [-0.39, 0.29) is 18.0 Å². The maximum absolute atomic E-state index is 11.9. The third-order valence-electron chi connectivity index (χ3n) is 3.77. The molecule has 4 heteroatoms. The number of carbonyl (C=O) groups is 1. The Morgan fingerprint density at radius 2 is 2.00 bits per heavy atom. The second-order valence-corrected chi connectivity index (χ2v) is 5.50. The molecule has 1 heterocycles. The van der Waals surface area contributed by atoms with Crippen molar-refractivity contribution in [3.63, 3.8) is 0 Å². The fraction of sp³-hybridized carbons (Fsp3) is 0.533. The topological polar surface area (TPSA) is 58.4 Å². The number of hydrogen-bond acceptors (Lipinski definition) is 3. The van der Waals surface area contributed by atoms with E-state index in [0.717, 1.165) is 5.69 Å². The lowest BCUT2D eigenvalue weighted by Crippen LogP contribution is -2.62. The van der Waals surface area contributed by atoms with E-state index in [2.05, 4.69) is 55.3 Å². The second-order valence-electron chi connectivity index (χ2n) is 5.50. The first-order chi connectivity index (χ1) is 9.04. The molecule has 0 spiro atoms. The number of rotatable bonds is 3. The molecule has 2 rings (SSSR count). The van der Waals surface area contributed by atoms with E-state index in [1.165, 1.54) is 5.56 Å². The van der Waals surface area contributed by atoms with Crippen LogP contribution in [0.15, 0.2) is 24.3 Å². The summed E-state index contributed by atoms with van der Waals surface area (Å²) in [5, 5.41) is 2.90. The van der Waals surface area contributed by atoms with E-state index in [0.29, 0.717) is 19.0 Å². The molecule has 1 aromatic carbocycles. The van der Waals surface area contributed by atoms with Crippen LogP contribution >= 0.6 is 0 Å². The number of benzene rings is 1. The molecule has 1 aliphatic heterocycles. The number of carbonyl (C=O) groups excluding carboxylic acids is 1. The summed E-state index contributed by atoms with van der Waals surface area (Å²) in [6.45, 7) is 7.46. The number of amides is 1. The Morgan fingerprint density at radius 1 is 1.37 bits per heavy atom. The molecule has 4 nitrogen and oxygen atoms in total. The van der Waals surface area contributed by atoms with Crippen molar-refractivity contribution in [2.24, 2.45) is 5.73 Å². The zero-order chi connectivity index (χ0) is 14.0. The van der Waals surface area contributed by atoms with Crippen molar-refractivity contribution in [2.45, 2.75) is 38.8 Å². The molecule has 19 heavy (non-hydrogen) atoms. The van der Waals surface area contributed by atoms with Gasteiger partial charge in [-0.25, -0.2) is 0 Å². The molecule has 0 aliphatic carbocycles. The third kappa shape index (κ3) is 2.73. The average Bonchev–Trinajstić information content (AvgIpc) is 2.41. The number of nitrogens with one attached hydrogen (secondary N) is 1. The van der Waals surface area contributed by atoms with Gasteiger partial charge in [0.15, 0.2) is 0 Å². The van der Waals surface area contributed by atoms with Gasteiger partial charge in [0.1, 0.15) is 6.04 Å². The van der Waals surface area contributed by atoms with Crippen LogP contribution in [-0.2, 0) is 4.79 Å². The van der Waals surface area contributed by atoms with Crippen LogP contribution in [0.3, 0.4) is 0 Å². The zero-order valence-corrected chi connectivity index (χ0v) is 11.9. The van der Waals surface area contributed by atoms with Crippen molar-refractivity contribution in [3.05, 3.63) is 29.8 Å².